The van der Waals surface area contributed by atoms with Crippen molar-refractivity contribution in [3.05, 3.63) is 0 Å². The first-order valence-corrected chi connectivity index (χ1v) is 0. The van der Waals surface area contributed by atoms with Crippen LogP contribution in [0.4, 0.5) is 0 Å². The second-order valence-corrected chi connectivity index (χ2v) is 0. The molecule has 0 aromatic carbocycles. The van der Waals surface area contributed by atoms with Gasteiger partial charge in [0.15, 0.2) is 0 Å². The summed E-state index contributed by atoms with van der Waals surface area (Å²) in [4.78, 5) is 0. The summed E-state index contributed by atoms with van der Waals surface area (Å²) in [5.74, 6) is 0. The molecule has 0 fully saturated rings. The van der Waals surface area contributed by atoms with Crippen LogP contribution in [0, 0.1) is 0 Å². The van der Waals surface area contributed by atoms with Crippen molar-refractivity contribution in [3.63, 3.8) is 0 Å². The van der Waals surface area contributed by atoms with E-state index in [2.05, 4.69) is 0 Å². The standard InChI is InChI=1S/H3P.V.W.Zr/h1H3;;;. The zero-order valence-corrected chi connectivity index (χ0v) is 10.3. The van der Waals surface area contributed by atoms with E-state index in [0.29, 0.717) is 0 Å². The molecule has 0 heterocycles. The zero-order valence-electron chi connectivity index (χ0n) is 2.06. The summed E-state index contributed by atoms with van der Waals surface area (Å²) in [5.41, 5.74) is 0. The van der Waals surface area contributed by atoms with Crippen LogP contribution < -0.4 is 0 Å². The van der Waals surface area contributed by atoms with Gasteiger partial charge in [0.1, 0.15) is 0 Å². The SMILES string of the molecule is P.[V].[W].[Zr]. The van der Waals surface area contributed by atoms with Gasteiger partial charge >= 0.3 is 0 Å². The van der Waals surface area contributed by atoms with Gasteiger partial charge in [0.2, 0.25) is 0 Å². The first-order valence-electron chi connectivity index (χ1n) is 0. The molecule has 0 aliphatic heterocycles. The number of hydrogen-bond acceptors (Lipinski definition) is 0. The van der Waals surface area contributed by atoms with Crippen molar-refractivity contribution in [1.29, 1.82) is 0 Å². The Morgan fingerprint density at radius 1 is 1.00 bits per heavy atom. The molecule has 1 atom stereocenters. The van der Waals surface area contributed by atoms with E-state index in [1.54, 1.807) is 0 Å². The average Bonchev–Trinajstić information content (AvgIpc) is 0. The molecule has 0 aromatic heterocycles. The molecule has 0 rings (SSSR count). The molecule has 0 saturated heterocycles. The number of rotatable bonds is 0. The maximum Gasteiger partial charge on any atom is 0 e. The summed E-state index contributed by atoms with van der Waals surface area (Å²) < 4.78 is 0. The Morgan fingerprint density at radius 3 is 1.00 bits per heavy atom. The number of hydrogen-bond donors (Lipinski definition) is 0. The summed E-state index contributed by atoms with van der Waals surface area (Å²) in [7, 11) is 0. The maximum atomic E-state index is 0. The summed E-state index contributed by atoms with van der Waals surface area (Å²) in [5, 5.41) is 0. The minimum atomic E-state index is 0. The van der Waals surface area contributed by atoms with E-state index in [1.165, 1.54) is 0 Å². The summed E-state index contributed by atoms with van der Waals surface area (Å²) >= 11 is 0. The molecular formula is H3PVWZr. The summed E-state index contributed by atoms with van der Waals surface area (Å²) in [6.45, 7) is 0. The van der Waals surface area contributed by atoms with Crippen molar-refractivity contribution in [2.45, 2.75) is 0 Å². The second kappa shape index (κ2) is 17.6. The predicted molar refractivity (Wildman–Crippen MR) is 11.1 cm³/mol. The van der Waals surface area contributed by atoms with Gasteiger partial charge in [0.25, 0.3) is 0 Å². The topological polar surface area (TPSA) is 0 Å². The van der Waals surface area contributed by atoms with E-state index >= 15 is 0 Å². The van der Waals surface area contributed by atoms with Gasteiger partial charge < -0.3 is 0 Å². The Balaban J connectivity index is 0. The molecule has 0 amide bonds. The Bertz CT molecular complexity index is 8.00. The monoisotopic (exact) mass is 359 g/mol. The third-order valence-corrected chi connectivity index (χ3v) is 0. The van der Waals surface area contributed by atoms with Crippen molar-refractivity contribution in [2.75, 3.05) is 0 Å². The molecule has 0 spiro atoms. The van der Waals surface area contributed by atoms with Crippen molar-refractivity contribution in [2.24, 2.45) is 0 Å². The smallest absolute Gasteiger partial charge is 0 e. The van der Waals surface area contributed by atoms with Gasteiger partial charge in [0, 0.05) is 65.8 Å². The van der Waals surface area contributed by atoms with Crippen LogP contribution in [0.5, 0.6) is 0 Å². The van der Waals surface area contributed by atoms with Gasteiger partial charge in [-0.25, -0.2) is 0 Å². The van der Waals surface area contributed by atoms with Gasteiger partial charge in [-0.2, -0.15) is 9.90 Å². The third kappa shape index (κ3) is 8.82. The Labute approximate surface area is 74.8 Å². The van der Waals surface area contributed by atoms with E-state index in [9.17, 15) is 0 Å². The molecule has 0 aliphatic carbocycles. The molecule has 0 aliphatic rings. The first-order chi connectivity index (χ1) is 0. The summed E-state index contributed by atoms with van der Waals surface area (Å²) in [6, 6.07) is 0. The van der Waals surface area contributed by atoms with E-state index in [4.69, 9.17) is 0 Å². The Kier molecular flexibility index (Phi) is 135. The normalized spacial score (nSPS) is 0. The Morgan fingerprint density at radius 2 is 1.00 bits per heavy atom. The van der Waals surface area contributed by atoms with Crippen LogP contribution in [0.2, 0.25) is 0 Å². The summed E-state index contributed by atoms with van der Waals surface area (Å²) in [6.07, 6.45) is 0. The first kappa shape index (κ1) is 30.7. The Hall–Kier alpha value is 2.59. The van der Waals surface area contributed by atoms with Gasteiger partial charge in [-0.1, -0.05) is 0 Å². The van der Waals surface area contributed by atoms with Crippen LogP contribution in [0.15, 0.2) is 0 Å². The fraction of sp³-hybridized carbons (Fsp3) is 0. The van der Waals surface area contributed by atoms with Crippen LogP contribution in [-0.2, 0) is 65.8 Å². The minimum absolute atomic E-state index is 0. The minimum Gasteiger partial charge on any atom is -0.153 e. The molecule has 4 heavy (non-hydrogen) atoms. The van der Waals surface area contributed by atoms with E-state index in [-0.39, 0.29) is 75.7 Å². The fourth-order valence-electron chi connectivity index (χ4n) is 0. The largest absolute Gasteiger partial charge is 0.153 e. The van der Waals surface area contributed by atoms with Gasteiger partial charge in [-0.05, 0) is 0 Å². The van der Waals surface area contributed by atoms with Crippen molar-refractivity contribution in [3.8, 4) is 0 Å². The zero-order chi connectivity index (χ0) is 0. The van der Waals surface area contributed by atoms with E-state index in [1.807, 2.05) is 0 Å². The van der Waals surface area contributed by atoms with Crippen molar-refractivity contribution < 1.29 is 65.8 Å². The average molecular weight is 360 g/mol. The fourth-order valence-corrected chi connectivity index (χ4v) is 0. The third-order valence-electron chi connectivity index (χ3n) is 0. The van der Waals surface area contributed by atoms with Gasteiger partial charge in [-0.3, -0.25) is 0 Å². The van der Waals surface area contributed by atoms with Crippen molar-refractivity contribution >= 4 is 9.90 Å². The predicted octanol–water partition coefficient (Wildman–Crippen LogP) is 0.0506. The molecule has 0 nitrogen and oxygen atoms in total. The van der Waals surface area contributed by atoms with Crippen LogP contribution in [0.3, 0.4) is 0 Å². The molecular weight excluding hydrogens is 357 g/mol. The second-order valence-electron chi connectivity index (χ2n) is 0. The molecule has 1 unspecified atom stereocenters. The quantitative estimate of drug-likeness (QED) is 0.536. The van der Waals surface area contributed by atoms with Gasteiger partial charge in [0.05, 0.1) is 0 Å². The maximum absolute atomic E-state index is 0. The van der Waals surface area contributed by atoms with Gasteiger partial charge in [-0.15, -0.1) is 0 Å². The van der Waals surface area contributed by atoms with Crippen LogP contribution in [0.25, 0.3) is 0 Å². The molecule has 23 valence electrons. The van der Waals surface area contributed by atoms with Crippen LogP contribution >= 0.6 is 9.90 Å². The van der Waals surface area contributed by atoms with E-state index < -0.39 is 0 Å². The van der Waals surface area contributed by atoms with Crippen molar-refractivity contribution in [1.82, 2.24) is 0 Å². The molecule has 0 bridgehead atoms. The van der Waals surface area contributed by atoms with Crippen LogP contribution in [0.1, 0.15) is 0 Å². The van der Waals surface area contributed by atoms with E-state index in [0.717, 1.165) is 0 Å². The molecule has 0 saturated carbocycles. The van der Waals surface area contributed by atoms with Crippen LogP contribution in [-0.4, -0.2) is 0 Å². The molecule has 1 radical (unpaired) electrons. The molecule has 0 aromatic rings. The molecule has 4 heteroatoms. The molecule has 0 N–H and O–H groups in total.